The number of para-hydroxylation sites is 1. The Labute approximate surface area is 152 Å². The molecule has 1 amide bonds. The largest absolute Gasteiger partial charge is 0.347 e. The Morgan fingerprint density at radius 2 is 1.96 bits per heavy atom. The molecule has 0 unspecified atom stereocenters. The number of hydrogen-bond donors (Lipinski definition) is 2. The van der Waals surface area contributed by atoms with Crippen molar-refractivity contribution in [3.63, 3.8) is 0 Å². The van der Waals surface area contributed by atoms with Gasteiger partial charge in [-0.3, -0.25) is 9.78 Å². The number of amides is 1. The van der Waals surface area contributed by atoms with Crippen LogP contribution in [0.25, 0.3) is 0 Å². The van der Waals surface area contributed by atoms with E-state index in [4.69, 9.17) is 0 Å². The lowest BCUT2D eigenvalue weighted by atomic mass is 10.1. The first-order valence-electron chi connectivity index (χ1n) is 8.53. The molecule has 6 heteroatoms. The molecule has 2 N–H and O–H groups in total. The zero-order valence-corrected chi connectivity index (χ0v) is 14.9. The lowest BCUT2D eigenvalue weighted by Crippen LogP contribution is -2.24. The van der Waals surface area contributed by atoms with Gasteiger partial charge in [0.15, 0.2) is 0 Å². The van der Waals surface area contributed by atoms with E-state index in [0.717, 1.165) is 17.7 Å². The molecule has 0 bridgehead atoms. The SMILES string of the molecule is CCc1ccccc1Nc1cc(C(=O)NCc2cccnc2)nc(C)n1. The van der Waals surface area contributed by atoms with Crippen molar-refractivity contribution in [2.24, 2.45) is 0 Å². The summed E-state index contributed by atoms with van der Waals surface area (Å²) >= 11 is 0. The summed E-state index contributed by atoms with van der Waals surface area (Å²) in [6.07, 6.45) is 4.33. The van der Waals surface area contributed by atoms with Crippen LogP contribution >= 0.6 is 0 Å². The summed E-state index contributed by atoms with van der Waals surface area (Å²) in [6.45, 7) is 4.27. The predicted octanol–water partition coefficient (Wildman–Crippen LogP) is 3.42. The molecular weight excluding hydrogens is 326 g/mol. The number of rotatable bonds is 6. The summed E-state index contributed by atoms with van der Waals surface area (Å²) in [6, 6.07) is 13.5. The van der Waals surface area contributed by atoms with Gasteiger partial charge in [0.2, 0.25) is 0 Å². The number of carbonyl (C=O) groups is 1. The van der Waals surface area contributed by atoms with Gasteiger partial charge in [-0.05, 0) is 36.6 Å². The quantitative estimate of drug-likeness (QED) is 0.714. The van der Waals surface area contributed by atoms with Gasteiger partial charge < -0.3 is 10.6 Å². The first kappa shape index (κ1) is 17.5. The van der Waals surface area contributed by atoms with E-state index in [1.54, 1.807) is 25.4 Å². The number of nitrogens with zero attached hydrogens (tertiary/aromatic N) is 3. The lowest BCUT2D eigenvalue weighted by Gasteiger charge is -2.12. The summed E-state index contributed by atoms with van der Waals surface area (Å²) in [5, 5.41) is 6.15. The molecule has 132 valence electrons. The maximum atomic E-state index is 12.4. The highest BCUT2D eigenvalue weighted by atomic mass is 16.1. The minimum absolute atomic E-state index is 0.244. The van der Waals surface area contributed by atoms with Crippen LogP contribution in [0.1, 0.15) is 34.4 Å². The van der Waals surface area contributed by atoms with E-state index in [2.05, 4.69) is 38.6 Å². The average molecular weight is 347 g/mol. The van der Waals surface area contributed by atoms with Crippen molar-refractivity contribution >= 4 is 17.4 Å². The fourth-order valence-corrected chi connectivity index (χ4v) is 2.61. The van der Waals surface area contributed by atoms with E-state index in [1.807, 2.05) is 30.3 Å². The molecule has 0 aliphatic carbocycles. The van der Waals surface area contributed by atoms with E-state index in [9.17, 15) is 4.79 Å². The van der Waals surface area contributed by atoms with Crippen LogP contribution < -0.4 is 10.6 Å². The zero-order chi connectivity index (χ0) is 18.4. The van der Waals surface area contributed by atoms with Crippen molar-refractivity contribution in [2.45, 2.75) is 26.8 Å². The molecule has 0 atom stereocenters. The molecule has 3 aromatic rings. The third kappa shape index (κ3) is 4.42. The van der Waals surface area contributed by atoms with E-state index < -0.39 is 0 Å². The highest BCUT2D eigenvalue weighted by Crippen LogP contribution is 2.20. The van der Waals surface area contributed by atoms with Gasteiger partial charge in [0, 0.05) is 30.7 Å². The van der Waals surface area contributed by atoms with Gasteiger partial charge in [-0.2, -0.15) is 0 Å². The second-order valence-corrected chi connectivity index (χ2v) is 5.87. The highest BCUT2D eigenvalue weighted by Gasteiger charge is 2.11. The van der Waals surface area contributed by atoms with Crippen molar-refractivity contribution in [2.75, 3.05) is 5.32 Å². The maximum Gasteiger partial charge on any atom is 0.270 e. The smallest absolute Gasteiger partial charge is 0.270 e. The Hall–Kier alpha value is -3.28. The van der Waals surface area contributed by atoms with E-state index in [1.165, 1.54) is 5.56 Å². The van der Waals surface area contributed by atoms with Crippen LogP contribution in [0.2, 0.25) is 0 Å². The summed E-state index contributed by atoms with van der Waals surface area (Å²) in [5.74, 6) is 0.895. The number of benzene rings is 1. The molecule has 0 saturated heterocycles. The molecule has 6 nitrogen and oxygen atoms in total. The second kappa shape index (κ2) is 8.20. The number of carbonyl (C=O) groups excluding carboxylic acids is 1. The van der Waals surface area contributed by atoms with Crippen molar-refractivity contribution in [3.05, 3.63) is 77.5 Å². The van der Waals surface area contributed by atoms with Gasteiger partial charge >= 0.3 is 0 Å². The molecule has 26 heavy (non-hydrogen) atoms. The van der Waals surface area contributed by atoms with Crippen LogP contribution in [0.4, 0.5) is 11.5 Å². The number of nitrogens with one attached hydrogen (secondary N) is 2. The van der Waals surface area contributed by atoms with Crippen LogP contribution in [-0.2, 0) is 13.0 Å². The minimum atomic E-state index is -0.244. The number of aromatic nitrogens is 3. The van der Waals surface area contributed by atoms with Gasteiger partial charge in [0.25, 0.3) is 5.91 Å². The number of pyridine rings is 1. The van der Waals surface area contributed by atoms with Crippen LogP contribution in [0.3, 0.4) is 0 Å². The Bertz CT molecular complexity index is 896. The fourth-order valence-electron chi connectivity index (χ4n) is 2.61. The first-order valence-corrected chi connectivity index (χ1v) is 8.53. The molecular formula is C20H21N5O. The molecule has 2 heterocycles. The topological polar surface area (TPSA) is 79.8 Å². The van der Waals surface area contributed by atoms with E-state index in [-0.39, 0.29) is 5.91 Å². The molecule has 3 rings (SSSR count). The lowest BCUT2D eigenvalue weighted by molar-refractivity contribution is 0.0945. The minimum Gasteiger partial charge on any atom is -0.347 e. The molecule has 1 aromatic carbocycles. The standard InChI is InChI=1S/C20H21N5O/c1-3-16-8-4-5-9-17(16)25-19-11-18(23-14(2)24-19)20(26)22-13-15-7-6-10-21-12-15/h4-12H,3,13H2,1-2H3,(H,22,26)(H,23,24,25). The third-order valence-electron chi connectivity index (χ3n) is 3.91. The first-order chi connectivity index (χ1) is 12.7. The predicted molar refractivity (Wildman–Crippen MR) is 101 cm³/mol. The van der Waals surface area contributed by atoms with Gasteiger partial charge in [0.05, 0.1) is 0 Å². The van der Waals surface area contributed by atoms with Gasteiger partial charge in [0.1, 0.15) is 17.3 Å². The molecule has 0 fully saturated rings. The normalized spacial score (nSPS) is 10.4. The zero-order valence-electron chi connectivity index (χ0n) is 14.9. The Morgan fingerprint density at radius 3 is 2.73 bits per heavy atom. The van der Waals surface area contributed by atoms with Crippen LogP contribution in [-0.4, -0.2) is 20.9 Å². The van der Waals surface area contributed by atoms with E-state index >= 15 is 0 Å². The molecule has 0 aliphatic rings. The van der Waals surface area contributed by atoms with Crippen molar-refractivity contribution in [3.8, 4) is 0 Å². The molecule has 0 radical (unpaired) electrons. The second-order valence-electron chi connectivity index (χ2n) is 5.87. The van der Waals surface area contributed by atoms with Crippen LogP contribution in [0, 0.1) is 6.92 Å². The highest BCUT2D eigenvalue weighted by molar-refractivity contribution is 5.93. The Kier molecular flexibility index (Phi) is 5.53. The van der Waals surface area contributed by atoms with Crippen LogP contribution in [0.5, 0.6) is 0 Å². The summed E-state index contributed by atoms with van der Waals surface area (Å²) in [5.41, 5.74) is 3.43. The Balaban J connectivity index is 1.75. The monoisotopic (exact) mass is 347 g/mol. The fraction of sp³-hybridized carbons (Fsp3) is 0.200. The molecule has 0 spiro atoms. The number of anilines is 2. The summed E-state index contributed by atoms with van der Waals surface area (Å²) < 4.78 is 0. The molecule has 0 aliphatic heterocycles. The van der Waals surface area contributed by atoms with Gasteiger partial charge in [-0.1, -0.05) is 31.2 Å². The van der Waals surface area contributed by atoms with Crippen LogP contribution in [0.15, 0.2) is 54.9 Å². The van der Waals surface area contributed by atoms with E-state index in [0.29, 0.717) is 23.9 Å². The van der Waals surface area contributed by atoms with Crippen molar-refractivity contribution in [1.82, 2.24) is 20.3 Å². The number of aryl methyl sites for hydroxylation is 2. The van der Waals surface area contributed by atoms with Crippen molar-refractivity contribution < 1.29 is 4.79 Å². The summed E-state index contributed by atoms with van der Waals surface area (Å²) in [4.78, 5) is 25.1. The Morgan fingerprint density at radius 1 is 1.12 bits per heavy atom. The van der Waals surface area contributed by atoms with Gasteiger partial charge in [-0.15, -0.1) is 0 Å². The van der Waals surface area contributed by atoms with Gasteiger partial charge in [-0.25, -0.2) is 9.97 Å². The average Bonchev–Trinajstić information content (AvgIpc) is 2.67. The molecule has 0 saturated carbocycles. The third-order valence-corrected chi connectivity index (χ3v) is 3.91. The summed E-state index contributed by atoms with van der Waals surface area (Å²) in [7, 11) is 0. The van der Waals surface area contributed by atoms with Crippen molar-refractivity contribution in [1.29, 1.82) is 0 Å². The number of hydrogen-bond acceptors (Lipinski definition) is 5. The molecule has 2 aromatic heterocycles. The maximum absolute atomic E-state index is 12.4.